The fraction of sp³-hybridized carbons (Fsp3) is 0.294. The lowest BCUT2D eigenvalue weighted by molar-refractivity contribution is 0.626. The molecule has 0 radical (unpaired) electrons. The molecule has 0 spiro atoms. The monoisotopic (exact) mass is 272 g/mol. The fourth-order valence-corrected chi connectivity index (χ4v) is 2.31. The minimum absolute atomic E-state index is 0.194. The van der Waals surface area contributed by atoms with Gasteiger partial charge in [-0.25, -0.2) is 4.39 Å². The third kappa shape index (κ3) is 3.36. The first kappa shape index (κ1) is 14.5. The first-order chi connectivity index (χ1) is 9.61. The first-order valence-electron chi connectivity index (χ1n) is 6.83. The number of rotatable bonds is 5. The molecule has 1 atom stereocenters. The van der Waals surface area contributed by atoms with Crippen molar-refractivity contribution < 1.29 is 4.39 Å². The van der Waals surface area contributed by atoms with Crippen LogP contribution in [0.5, 0.6) is 0 Å². The van der Waals surface area contributed by atoms with E-state index in [9.17, 15) is 4.39 Å². The zero-order valence-electron chi connectivity index (χ0n) is 12.2. The van der Waals surface area contributed by atoms with Crippen molar-refractivity contribution in [2.45, 2.75) is 19.5 Å². The van der Waals surface area contributed by atoms with E-state index < -0.39 is 0 Å². The lowest BCUT2D eigenvalue weighted by Crippen LogP contribution is -2.21. The molecule has 0 bridgehead atoms. The van der Waals surface area contributed by atoms with Gasteiger partial charge in [-0.05, 0) is 43.3 Å². The third-order valence-corrected chi connectivity index (χ3v) is 3.58. The maximum Gasteiger partial charge on any atom is 0.123 e. The molecule has 3 heteroatoms. The summed E-state index contributed by atoms with van der Waals surface area (Å²) >= 11 is 0. The van der Waals surface area contributed by atoms with Gasteiger partial charge in [-0.3, -0.25) is 0 Å². The van der Waals surface area contributed by atoms with Gasteiger partial charge in [0.05, 0.1) is 0 Å². The van der Waals surface area contributed by atoms with Gasteiger partial charge in [-0.15, -0.1) is 0 Å². The Labute approximate surface area is 120 Å². The van der Waals surface area contributed by atoms with E-state index >= 15 is 0 Å². The Balaban J connectivity index is 2.20. The highest BCUT2D eigenvalue weighted by molar-refractivity contribution is 5.54. The second-order valence-electron chi connectivity index (χ2n) is 5.05. The second kappa shape index (κ2) is 6.53. The number of nitrogens with zero attached hydrogens (tertiary/aromatic N) is 1. The summed E-state index contributed by atoms with van der Waals surface area (Å²) in [5.41, 5.74) is 3.55. The van der Waals surface area contributed by atoms with Crippen LogP contribution in [0.4, 0.5) is 10.1 Å². The number of hydrogen-bond acceptors (Lipinski definition) is 2. The van der Waals surface area contributed by atoms with Crippen molar-refractivity contribution in [1.29, 1.82) is 0 Å². The van der Waals surface area contributed by atoms with E-state index in [0.717, 1.165) is 12.1 Å². The number of benzene rings is 2. The van der Waals surface area contributed by atoms with Crippen LogP contribution in [0.15, 0.2) is 48.5 Å². The summed E-state index contributed by atoms with van der Waals surface area (Å²) < 4.78 is 12.9. The normalized spacial score (nSPS) is 12.2. The van der Waals surface area contributed by atoms with Crippen LogP contribution < -0.4 is 10.2 Å². The topological polar surface area (TPSA) is 15.3 Å². The van der Waals surface area contributed by atoms with Crippen molar-refractivity contribution in [2.75, 3.05) is 19.0 Å². The van der Waals surface area contributed by atoms with Crippen molar-refractivity contribution in [3.05, 3.63) is 65.5 Å². The number of para-hydroxylation sites is 1. The molecular weight excluding hydrogens is 251 g/mol. The quantitative estimate of drug-likeness (QED) is 0.892. The van der Waals surface area contributed by atoms with Gasteiger partial charge >= 0.3 is 0 Å². The lowest BCUT2D eigenvalue weighted by Gasteiger charge is -2.25. The molecule has 0 fully saturated rings. The summed E-state index contributed by atoms with van der Waals surface area (Å²) in [5, 5.41) is 3.27. The zero-order valence-corrected chi connectivity index (χ0v) is 12.2. The SMILES string of the molecule is CNC(C)c1ccccc1N(C)Cc1ccc(F)cc1. The number of anilines is 1. The lowest BCUT2D eigenvalue weighted by atomic mass is 10.0. The van der Waals surface area contributed by atoms with Crippen LogP contribution >= 0.6 is 0 Å². The average molecular weight is 272 g/mol. The molecule has 0 aliphatic heterocycles. The molecule has 20 heavy (non-hydrogen) atoms. The molecule has 0 heterocycles. The second-order valence-corrected chi connectivity index (χ2v) is 5.05. The average Bonchev–Trinajstić information content (AvgIpc) is 2.48. The summed E-state index contributed by atoms with van der Waals surface area (Å²) in [7, 11) is 4.02. The highest BCUT2D eigenvalue weighted by Crippen LogP contribution is 2.26. The van der Waals surface area contributed by atoms with E-state index in [1.165, 1.54) is 23.4 Å². The molecule has 2 nitrogen and oxygen atoms in total. The van der Waals surface area contributed by atoms with Crippen LogP contribution in [-0.2, 0) is 6.54 Å². The standard InChI is InChI=1S/C17H21FN2/c1-13(19-2)16-6-4-5-7-17(16)20(3)12-14-8-10-15(18)11-9-14/h4-11,13,19H,12H2,1-3H3. The van der Waals surface area contributed by atoms with E-state index in [0.29, 0.717) is 6.04 Å². The molecule has 0 aromatic heterocycles. The Kier molecular flexibility index (Phi) is 4.74. The van der Waals surface area contributed by atoms with Crippen LogP contribution in [0, 0.1) is 5.82 Å². The molecule has 2 aromatic rings. The number of hydrogen-bond donors (Lipinski definition) is 1. The highest BCUT2D eigenvalue weighted by Gasteiger charge is 2.11. The smallest absolute Gasteiger partial charge is 0.123 e. The van der Waals surface area contributed by atoms with Crippen LogP contribution in [-0.4, -0.2) is 14.1 Å². The number of halogens is 1. The maximum atomic E-state index is 12.9. The molecule has 0 saturated carbocycles. The Bertz CT molecular complexity index is 551. The summed E-state index contributed by atoms with van der Waals surface area (Å²) in [6.07, 6.45) is 0. The Morgan fingerprint density at radius 3 is 2.40 bits per heavy atom. The molecule has 1 N–H and O–H groups in total. The van der Waals surface area contributed by atoms with Crippen molar-refractivity contribution in [1.82, 2.24) is 5.32 Å². The van der Waals surface area contributed by atoms with Gasteiger partial charge < -0.3 is 10.2 Å². The largest absolute Gasteiger partial charge is 0.370 e. The maximum absolute atomic E-state index is 12.9. The Hall–Kier alpha value is -1.87. The summed E-state index contributed by atoms with van der Waals surface area (Å²) in [5.74, 6) is -0.194. The van der Waals surface area contributed by atoms with Crippen LogP contribution in [0.2, 0.25) is 0 Å². The van der Waals surface area contributed by atoms with Crippen molar-refractivity contribution in [2.24, 2.45) is 0 Å². The van der Waals surface area contributed by atoms with Crippen LogP contribution in [0.25, 0.3) is 0 Å². The fourth-order valence-electron chi connectivity index (χ4n) is 2.31. The summed E-state index contributed by atoms with van der Waals surface area (Å²) in [6, 6.07) is 15.3. The predicted octanol–water partition coefficient (Wildman–Crippen LogP) is 3.74. The van der Waals surface area contributed by atoms with Gasteiger partial charge in [-0.2, -0.15) is 0 Å². The molecular formula is C17H21FN2. The molecule has 0 saturated heterocycles. The van der Waals surface area contributed by atoms with Gasteiger partial charge in [0.1, 0.15) is 5.82 Å². The van der Waals surface area contributed by atoms with Gasteiger partial charge in [0.2, 0.25) is 0 Å². The molecule has 0 aliphatic carbocycles. The summed E-state index contributed by atoms with van der Waals surface area (Å²) in [6.45, 7) is 2.90. The van der Waals surface area contributed by atoms with E-state index in [1.807, 2.05) is 25.2 Å². The van der Waals surface area contributed by atoms with Crippen molar-refractivity contribution in [3.63, 3.8) is 0 Å². The molecule has 2 aromatic carbocycles. The Morgan fingerprint density at radius 2 is 1.75 bits per heavy atom. The molecule has 2 rings (SSSR count). The predicted molar refractivity (Wildman–Crippen MR) is 82.4 cm³/mol. The van der Waals surface area contributed by atoms with E-state index in [4.69, 9.17) is 0 Å². The molecule has 106 valence electrons. The summed E-state index contributed by atoms with van der Waals surface area (Å²) in [4.78, 5) is 2.19. The van der Waals surface area contributed by atoms with Crippen LogP contribution in [0.3, 0.4) is 0 Å². The van der Waals surface area contributed by atoms with Gasteiger partial charge in [0.15, 0.2) is 0 Å². The van der Waals surface area contributed by atoms with E-state index in [1.54, 1.807) is 0 Å². The highest BCUT2D eigenvalue weighted by atomic mass is 19.1. The first-order valence-corrected chi connectivity index (χ1v) is 6.83. The number of nitrogens with one attached hydrogen (secondary N) is 1. The molecule has 0 amide bonds. The molecule has 1 unspecified atom stereocenters. The van der Waals surface area contributed by atoms with Gasteiger partial charge in [-0.1, -0.05) is 30.3 Å². The van der Waals surface area contributed by atoms with Gasteiger partial charge in [0.25, 0.3) is 0 Å². The molecule has 0 aliphatic rings. The van der Waals surface area contributed by atoms with E-state index in [2.05, 4.69) is 42.4 Å². The Morgan fingerprint density at radius 1 is 1.10 bits per heavy atom. The third-order valence-electron chi connectivity index (χ3n) is 3.58. The zero-order chi connectivity index (χ0) is 14.5. The minimum atomic E-state index is -0.194. The van der Waals surface area contributed by atoms with E-state index in [-0.39, 0.29) is 5.82 Å². The van der Waals surface area contributed by atoms with Gasteiger partial charge in [0, 0.05) is 25.3 Å². The van der Waals surface area contributed by atoms with Crippen molar-refractivity contribution >= 4 is 5.69 Å². The van der Waals surface area contributed by atoms with Crippen molar-refractivity contribution in [3.8, 4) is 0 Å². The minimum Gasteiger partial charge on any atom is -0.370 e. The van der Waals surface area contributed by atoms with Crippen LogP contribution in [0.1, 0.15) is 24.1 Å².